The molecule has 0 saturated carbocycles. The van der Waals surface area contributed by atoms with E-state index < -0.39 is 16.9 Å². The van der Waals surface area contributed by atoms with Gasteiger partial charge < -0.3 is 9.64 Å². The first-order chi connectivity index (χ1) is 24.9. The van der Waals surface area contributed by atoms with Gasteiger partial charge in [-0.15, -0.1) is 0 Å². The first kappa shape index (κ1) is 36.3. The van der Waals surface area contributed by atoms with E-state index in [0.29, 0.717) is 12.0 Å². The molecule has 6 heteroatoms. The second-order valence-corrected chi connectivity index (χ2v) is 15.8. The Bertz CT molecular complexity index is 2140. The number of hydrogen-bond acceptors (Lipinski definition) is 5. The van der Waals surface area contributed by atoms with Crippen molar-refractivity contribution in [1.82, 2.24) is 0 Å². The summed E-state index contributed by atoms with van der Waals surface area (Å²) in [6, 6.07) is 35.8. The number of anilines is 1. The highest BCUT2D eigenvalue weighted by Gasteiger charge is 2.43. The molecule has 0 saturated heterocycles. The molecule has 0 N–H and O–H groups in total. The summed E-state index contributed by atoms with van der Waals surface area (Å²) in [5.41, 5.74) is 6.71. The quantitative estimate of drug-likeness (QED) is 0.239. The molecule has 52 heavy (non-hydrogen) atoms. The van der Waals surface area contributed by atoms with Gasteiger partial charge in [-0.25, -0.2) is 0 Å². The molecule has 0 bridgehead atoms. The predicted octanol–water partition coefficient (Wildman–Crippen LogP) is 10.9. The highest BCUT2D eigenvalue weighted by Crippen LogP contribution is 2.52. The summed E-state index contributed by atoms with van der Waals surface area (Å²) in [6.07, 6.45) is 11.4. The van der Waals surface area contributed by atoms with E-state index in [9.17, 15) is 15.8 Å². The van der Waals surface area contributed by atoms with Crippen LogP contribution in [-0.4, -0.2) is 13.2 Å². The first-order valence-corrected chi connectivity index (χ1v) is 18.0. The van der Waals surface area contributed by atoms with Crippen molar-refractivity contribution in [1.29, 1.82) is 15.8 Å². The Morgan fingerprint density at radius 1 is 0.885 bits per heavy atom. The molecular formula is C46H43ClN4O. The van der Waals surface area contributed by atoms with E-state index in [1.807, 2.05) is 57.2 Å². The van der Waals surface area contributed by atoms with Crippen LogP contribution in [-0.2, 0) is 15.6 Å². The van der Waals surface area contributed by atoms with Crippen molar-refractivity contribution in [3.8, 4) is 18.2 Å². The van der Waals surface area contributed by atoms with Crippen molar-refractivity contribution in [2.24, 2.45) is 11.3 Å². The third kappa shape index (κ3) is 6.41. The fourth-order valence-corrected chi connectivity index (χ4v) is 8.39. The Kier molecular flexibility index (Phi) is 9.92. The SMILES string of the molecule is CN1/C(=C\C=C\C2CC(c3ccccc3)(c3ccccc3)CC(/C=C/C3=C(C#N)C(=C(C#N)C#N)OC3C(C)(C)C)=C2Cl)C(C)(C)c2ccccc21. The Morgan fingerprint density at radius 3 is 2.04 bits per heavy atom. The van der Waals surface area contributed by atoms with Crippen molar-refractivity contribution in [2.75, 3.05) is 11.9 Å². The van der Waals surface area contributed by atoms with E-state index in [4.69, 9.17) is 16.3 Å². The van der Waals surface area contributed by atoms with Crippen LogP contribution < -0.4 is 4.90 Å². The van der Waals surface area contributed by atoms with Gasteiger partial charge in [-0.1, -0.05) is 149 Å². The average molecular weight is 703 g/mol. The topological polar surface area (TPSA) is 83.8 Å². The molecule has 0 aromatic heterocycles. The minimum atomic E-state index is -0.542. The lowest BCUT2D eigenvalue weighted by atomic mass is 9.62. The molecule has 3 aliphatic rings. The van der Waals surface area contributed by atoms with Crippen LogP contribution in [0.25, 0.3) is 0 Å². The zero-order chi connectivity index (χ0) is 37.3. The lowest BCUT2D eigenvalue weighted by molar-refractivity contribution is 0.0775. The molecule has 6 rings (SSSR count). The van der Waals surface area contributed by atoms with Gasteiger partial charge in [-0.05, 0) is 47.2 Å². The number of nitrogens with zero attached hydrogens (tertiary/aromatic N) is 4. The summed E-state index contributed by atoms with van der Waals surface area (Å²) in [7, 11) is 2.12. The van der Waals surface area contributed by atoms with Gasteiger partial charge in [0.2, 0.25) is 0 Å². The highest BCUT2D eigenvalue weighted by atomic mass is 35.5. The number of fused-ring (bicyclic) bond motifs is 1. The van der Waals surface area contributed by atoms with Crippen molar-refractivity contribution >= 4 is 17.3 Å². The van der Waals surface area contributed by atoms with Crippen LogP contribution in [0, 0.1) is 45.3 Å². The summed E-state index contributed by atoms with van der Waals surface area (Å²) >= 11 is 7.45. The normalized spacial score (nSPS) is 21.7. The van der Waals surface area contributed by atoms with Crippen molar-refractivity contribution in [3.05, 3.63) is 171 Å². The molecule has 2 aliphatic heterocycles. The molecule has 2 heterocycles. The summed E-state index contributed by atoms with van der Waals surface area (Å²) < 4.78 is 6.22. The van der Waals surface area contributed by atoms with Crippen LogP contribution in [0.1, 0.15) is 64.2 Å². The molecule has 5 nitrogen and oxygen atoms in total. The summed E-state index contributed by atoms with van der Waals surface area (Å²) in [5, 5.41) is 30.4. The number of rotatable bonds is 6. The lowest BCUT2D eigenvalue weighted by Crippen LogP contribution is -2.34. The van der Waals surface area contributed by atoms with Crippen molar-refractivity contribution in [3.63, 3.8) is 0 Å². The lowest BCUT2D eigenvalue weighted by Gasteiger charge is -2.42. The molecule has 2 unspecified atom stereocenters. The summed E-state index contributed by atoms with van der Waals surface area (Å²) in [5.74, 6) is -0.0825. The second-order valence-electron chi connectivity index (χ2n) is 15.4. The zero-order valence-electron chi connectivity index (χ0n) is 30.6. The molecule has 3 aromatic carbocycles. The van der Waals surface area contributed by atoms with Gasteiger partial charge in [0.25, 0.3) is 0 Å². The van der Waals surface area contributed by atoms with E-state index in [0.717, 1.165) is 17.0 Å². The maximum absolute atomic E-state index is 10.3. The Balaban J connectivity index is 1.50. The minimum absolute atomic E-state index is 0.0366. The molecule has 2 atom stereocenters. The average Bonchev–Trinajstić information content (AvgIpc) is 3.61. The molecule has 1 aliphatic carbocycles. The number of benzene rings is 3. The number of likely N-dealkylation sites (N-methyl/N-ethyl adjacent to an activating group) is 1. The van der Waals surface area contributed by atoms with E-state index in [1.165, 1.54) is 28.1 Å². The predicted molar refractivity (Wildman–Crippen MR) is 209 cm³/mol. The van der Waals surface area contributed by atoms with Crippen LogP contribution in [0.3, 0.4) is 0 Å². The molecule has 260 valence electrons. The third-order valence-corrected chi connectivity index (χ3v) is 11.3. The molecule has 0 spiro atoms. The Morgan fingerprint density at radius 2 is 1.48 bits per heavy atom. The molecular weight excluding hydrogens is 660 g/mol. The largest absolute Gasteiger partial charge is 0.482 e. The number of halogens is 1. The molecule has 0 radical (unpaired) electrons. The van der Waals surface area contributed by atoms with Crippen LogP contribution in [0.5, 0.6) is 0 Å². The maximum atomic E-state index is 10.3. The van der Waals surface area contributed by atoms with Gasteiger partial charge in [0.1, 0.15) is 29.9 Å². The van der Waals surface area contributed by atoms with E-state index in [2.05, 4.69) is 123 Å². The second kappa shape index (κ2) is 14.2. The smallest absolute Gasteiger partial charge is 0.172 e. The molecule has 0 amide bonds. The van der Waals surface area contributed by atoms with Gasteiger partial charge in [0.15, 0.2) is 11.3 Å². The van der Waals surface area contributed by atoms with Gasteiger partial charge in [-0.3, -0.25) is 0 Å². The van der Waals surface area contributed by atoms with Gasteiger partial charge >= 0.3 is 0 Å². The molecule has 0 fully saturated rings. The summed E-state index contributed by atoms with van der Waals surface area (Å²) in [6.45, 7) is 10.6. The number of hydrogen-bond donors (Lipinski definition) is 0. The van der Waals surface area contributed by atoms with Crippen molar-refractivity contribution in [2.45, 2.75) is 64.4 Å². The fraction of sp³-hybridized carbons (Fsp3) is 0.283. The highest BCUT2D eigenvalue weighted by molar-refractivity contribution is 6.30. The van der Waals surface area contributed by atoms with E-state index in [-0.39, 0.29) is 28.2 Å². The number of nitriles is 3. The standard InChI is InChI=1S/C46H43ClN4O/c1-44(2,3)43-36(37(30-50)42(52-43)33(28-48)29-49)25-24-32-27-46(34-17-9-7-10-18-34,35-19-11-8-12-20-35)26-31(41(32)47)16-15-23-40-45(4,5)38-21-13-14-22-39(38)51(40)6/h7-25,31,43H,26-27H2,1-6H3/b16-15+,25-24+,40-23-. The van der Waals surface area contributed by atoms with E-state index >= 15 is 0 Å². The number of ether oxygens (including phenoxy) is 1. The van der Waals surface area contributed by atoms with Crippen LogP contribution in [0.4, 0.5) is 5.69 Å². The zero-order valence-corrected chi connectivity index (χ0v) is 31.4. The van der Waals surface area contributed by atoms with Crippen LogP contribution >= 0.6 is 11.6 Å². The fourth-order valence-electron chi connectivity index (χ4n) is 8.11. The Labute approximate surface area is 313 Å². The minimum Gasteiger partial charge on any atom is -0.482 e. The number of allylic oxidation sites excluding steroid dienone is 9. The van der Waals surface area contributed by atoms with Crippen LogP contribution in [0.15, 0.2) is 154 Å². The first-order valence-electron chi connectivity index (χ1n) is 17.6. The van der Waals surface area contributed by atoms with Crippen molar-refractivity contribution < 1.29 is 4.74 Å². The third-order valence-electron chi connectivity index (χ3n) is 10.7. The van der Waals surface area contributed by atoms with Gasteiger partial charge in [0.05, 0.1) is 0 Å². The summed E-state index contributed by atoms with van der Waals surface area (Å²) in [4.78, 5) is 2.27. The van der Waals surface area contributed by atoms with Gasteiger partial charge in [-0.2, -0.15) is 15.8 Å². The Hall–Kier alpha value is -5.54. The van der Waals surface area contributed by atoms with E-state index in [1.54, 1.807) is 0 Å². The molecule has 3 aromatic rings. The number of para-hydroxylation sites is 1. The van der Waals surface area contributed by atoms with Gasteiger partial charge in [0, 0.05) is 51.2 Å². The maximum Gasteiger partial charge on any atom is 0.172 e. The monoisotopic (exact) mass is 702 g/mol. The van der Waals surface area contributed by atoms with Crippen LogP contribution in [0.2, 0.25) is 0 Å².